The number of hydrogen-bond acceptors (Lipinski definition) is 1. The molecule has 0 aromatic heterocycles. The van der Waals surface area contributed by atoms with Crippen LogP contribution in [-0.2, 0) is 103 Å². The van der Waals surface area contributed by atoms with Crippen LogP contribution in [-0.4, -0.2) is 6.08 Å². The number of hydrogen-bond donors (Lipinski definition) is 0. The third-order valence-electron chi connectivity index (χ3n) is 0. The molecule has 0 saturated heterocycles. The molecule has 0 unspecified atom stereocenters. The Bertz CT molecular complexity index is 31.8. The second-order valence-corrected chi connectivity index (χ2v) is 0.0913. The van der Waals surface area contributed by atoms with Crippen molar-refractivity contribution >= 4 is 6.08 Å². The van der Waals surface area contributed by atoms with Gasteiger partial charge in [-0.3, -0.25) is 4.79 Å². The van der Waals surface area contributed by atoms with E-state index in [0.29, 0.717) is 6.08 Å². The molecular weight excluding hydrogens is 309 g/mol. The molecule has 0 aliphatic rings. The van der Waals surface area contributed by atoms with Crippen LogP contribution < -0.4 is 0 Å². The van der Waals surface area contributed by atoms with E-state index in [1.807, 2.05) is 0 Å². The summed E-state index contributed by atoms with van der Waals surface area (Å²) in [5, 5.41) is 6.76. The number of rotatable bonds is 0. The predicted octanol–water partition coefficient (Wildman–Crippen LogP) is -0.116. The zero-order chi connectivity index (χ0) is 2.71. The molecule has 25 valence electrons. The maximum absolute atomic E-state index is 8.24. The molecule has 0 fully saturated rings. The van der Waals surface area contributed by atoms with Gasteiger partial charge in [-0.2, -0.15) is 0 Å². The Morgan fingerprint density at radius 1 is 1.17 bits per heavy atom. The van der Waals surface area contributed by atoms with E-state index < -0.39 is 0 Å². The molecule has 3 radical (unpaired) electrons. The van der Waals surface area contributed by atoms with E-state index in [1.54, 1.807) is 0 Å². The summed E-state index contributed by atoms with van der Waals surface area (Å²) in [5.74, 6) is 0. The molecule has 0 atom stereocenters. The molecule has 0 heterocycles. The Morgan fingerprint density at radius 2 is 1.17 bits per heavy atom. The van der Waals surface area contributed by atoms with E-state index in [1.165, 1.54) is 0 Å². The van der Waals surface area contributed by atoms with Gasteiger partial charge >= 0.3 is 0 Å². The van der Waals surface area contributed by atoms with Crippen molar-refractivity contribution in [3.63, 3.8) is 0 Å². The van der Waals surface area contributed by atoms with Crippen molar-refractivity contribution in [1.82, 2.24) is 0 Å². The average Bonchev–Trinajstić information content (AvgIpc) is 0.918. The van der Waals surface area contributed by atoms with E-state index in [9.17, 15) is 0 Å². The van der Waals surface area contributed by atoms with Crippen LogP contribution in [0.1, 0.15) is 0 Å². The molecule has 5 heteroatoms. The van der Waals surface area contributed by atoms with Crippen LogP contribution >= 0.6 is 0 Å². The molecule has 0 N–H and O–H groups in total. The Hall–Kier alpha value is 2.69. The standard InChI is InChI=1S/CNO.3Y/c2-1-3;;;/q-1;;;. The number of isocyanates is 1. The van der Waals surface area contributed by atoms with Crippen molar-refractivity contribution in [3.8, 4) is 0 Å². The first-order chi connectivity index (χ1) is 1.41. The van der Waals surface area contributed by atoms with Crippen LogP contribution in [0.3, 0.4) is 0 Å². The van der Waals surface area contributed by atoms with E-state index in [0.717, 1.165) is 0 Å². The molecule has 0 aromatic carbocycles. The van der Waals surface area contributed by atoms with Crippen LogP contribution in [0.25, 0.3) is 5.41 Å². The Kier molecular flexibility index (Phi) is 98.4. The van der Waals surface area contributed by atoms with Gasteiger partial charge in [0.25, 0.3) is 0 Å². The van der Waals surface area contributed by atoms with Crippen LogP contribution in [0.2, 0.25) is 0 Å². The smallest absolute Gasteiger partial charge is 0 e. The summed E-state index contributed by atoms with van der Waals surface area (Å²) < 4.78 is 0. The van der Waals surface area contributed by atoms with Gasteiger partial charge in [-0.05, 0) is 6.08 Å². The number of carbonyl (C=O) groups excluding carboxylic acids is 1. The van der Waals surface area contributed by atoms with Gasteiger partial charge in [-0.25, -0.2) is 0 Å². The largest absolute Gasteiger partial charge is 0.724 e. The summed E-state index contributed by atoms with van der Waals surface area (Å²) in [5.41, 5.74) is 0. The molecular formula is CNOY3-. The first kappa shape index (κ1) is 23.4. The molecule has 0 amide bonds. The van der Waals surface area contributed by atoms with Crippen LogP contribution in [0.5, 0.6) is 0 Å². The second-order valence-electron chi connectivity index (χ2n) is 0.0913. The fourth-order valence-corrected chi connectivity index (χ4v) is 0. The molecule has 0 rings (SSSR count). The minimum atomic E-state index is 0. The van der Waals surface area contributed by atoms with Crippen LogP contribution in [0.4, 0.5) is 0 Å². The van der Waals surface area contributed by atoms with Crippen LogP contribution in [0.15, 0.2) is 0 Å². The Labute approximate surface area is 112 Å². The van der Waals surface area contributed by atoms with Crippen molar-refractivity contribution in [3.05, 3.63) is 5.41 Å². The summed E-state index contributed by atoms with van der Waals surface area (Å²) in [6.45, 7) is 0. The predicted molar refractivity (Wildman–Crippen MR) is 9.05 cm³/mol. The molecule has 0 spiro atoms. The summed E-state index contributed by atoms with van der Waals surface area (Å²) in [4.78, 5) is 8.24. The minimum absolute atomic E-state index is 0. The molecule has 0 aromatic rings. The monoisotopic (exact) mass is 309 g/mol. The zero-order valence-corrected chi connectivity index (χ0v) is 11.6. The van der Waals surface area contributed by atoms with E-state index in [2.05, 4.69) is 0 Å². The average molecular weight is 309 g/mol. The molecule has 2 nitrogen and oxygen atoms in total. The summed E-state index contributed by atoms with van der Waals surface area (Å²) in [6.07, 6.45) is 0.500. The topological polar surface area (TPSA) is 39.4 Å². The normalized spacial score (nSPS) is 1.33. The van der Waals surface area contributed by atoms with Gasteiger partial charge in [0, 0.05) is 98.1 Å². The van der Waals surface area contributed by atoms with Gasteiger partial charge in [0.2, 0.25) is 0 Å². The summed E-state index contributed by atoms with van der Waals surface area (Å²) in [6, 6.07) is 0. The molecule has 0 saturated carbocycles. The maximum Gasteiger partial charge on any atom is 0 e. The van der Waals surface area contributed by atoms with Gasteiger partial charge in [0.1, 0.15) is 0 Å². The Morgan fingerprint density at radius 3 is 1.17 bits per heavy atom. The quantitative estimate of drug-likeness (QED) is 0.454. The fraction of sp³-hybridized carbons (Fsp3) is 0. The first-order valence-electron chi connectivity index (χ1n) is 0.428. The van der Waals surface area contributed by atoms with E-state index >= 15 is 0 Å². The van der Waals surface area contributed by atoms with Crippen molar-refractivity contribution in [2.45, 2.75) is 0 Å². The fourth-order valence-electron chi connectivity index (χ4n) is 0. The van der Waals surface area contributed by atoms with Crippen LogP contribution in [0, 0.1) is 0 Å². The van der Waals surface area contributed by atoms with Crippen molar-refractivity contribution in [2.75, 3.05) is 0 Å². The van der Waals surface area contributed by atoms with Crippen molar-refractivity contribution in [2.24, 2.45) is 0 Å². The SMILES string of the molecule is [N-]=C=O.[Y].[Y].[Y]. The van der Waals surface area contributed by atoms with Gasteiger partial charge in [-0.15, -0.1) is 0 Å². The molecule has 6 heavy (non-hydrogen) atoms. The summed E-state index contributed by atoms with van der Waals surface area (Å²) >= 11 is 0. The van der Waals surface area contributed by atoms with Gasteiger partial charge in [0.15, 0.2) is 0 Å². The third-order valence-corrected chi connectivity index (χ3v) is 0. The van der Waals surface area contributed by atoms with E-state index in [4.69, 9.17) is 10.2 Å². The van der Waals surface area contributed by atoms with Crippen molar-refractivity contribution < 1.29 is 103 Å². The maximum atomic E-state index is 8.24. The first-order valence-corrected chi connectivity index (χ1v) is 0.428. The van der Waals surface area contributed by atoms with E-state index in [-0.39, 0.29) is 98.1 Å². The molecule has 0 aliphatic carbocycles. The molecule has 0 aliphatic heterocycles. The van der Waals surface area contributed by atoms with Gasteiger partial charge in [-0.1, -0.05) is 0 Å². The number of nitrogens with zero attached hydrogens (tertiary/aromatic N) is 1. The molecule has 0 bridgehead atoms. The second kappa shape index (κ2) is 25.3. The van der Waals surface area contributed by atoms with Gasteiger partial charge < -0.3 is 5.41 Å². The Balaban J connectivity index is -0.00000000667. The summed E-state index contributed by atoms with van der Waals surface area (Å²) in [7, 11) is 0. The third kappa shape index (κ3) is 29.9. The minimum Gasteiger partial charge on any atom is -0.724 e. The zero-order valence-electron chi connectivity index (χ0n) is 3.09. The van der Waals surface area contributed by atoms with Gasteiger partial charge in [0.05, 0.1) is 0 Å². The van der Waals surface area contributed by atoms with Crippen molar-refractivity contribution in [1.29, 1.82) is 0 Å².